The van der Waals surface area contributed by atoms with Crippen LogP contribution in [0.1, 0.15) is 35.6 Å². The van der Waals surface area contributed by atoms with E-state index in [1.165, 1.54) is 4.90 Å². The van der Waals surface area contributed by atoms with Crippen molar-refractivity contribution < 1.29 is 29.7 Å². The number of aliphatic hydroxyl groups excluding tert-OH is 2. The van der Waals surface area contributed by atoms with Crippen molar-refractivity contribution in [3.8, 4) is 0 Å². The van der Waals surface area contributed by atoms with Crippen LogP contribution in [0.5, 0.6) is 0 Å². The molecule has 3 aliphatic carbocycles. The fourth-order valence-electron chi connectivity index (χ4n) is 6.37. The molecule has 0 spiro atoms. The van der Waals surface area contributed by atoms with Crippen molar-refractivity contribution >= 4 is 28.9 Å². The van der Waals surface area contributed by atoms with Gasteiger partial charge in [-0.1, -0.05) is 6.92 Å². The predicted molar refractivity (Wildman–Crippen MR) is 131 cm³/mol. The maximum atomic E-state index is 13.9. The van der Waals surface area contributed by atoms with E-state index in [1.807, 2.05) is 32.8 Å². The molecule has 0 aliphatic heterocycles. The quantitative estimate of drug-likeness (QED) is 0.468. The van der Waals surface area contributed by atoms with Gasteiger partial charge in [0.2, 0.25) is 5.78 Å². The number of hydrogen-bond acceptors (Lipinski definition) is 8. The van der Waals surface area contributed by atoms with Gasteiger partial charge in [0.1, 0.15) is 17.1 Å². The molecule has 0 aromatic heterocycles. The van der Waals surface area contributed by atoms with Gasteiger partial charge in [-0.05, 0) is 69.0 Å². The molecule has 35 heavy (non-hydrogen) atoms. The highest BCUT2D eigenvalue weighted by atomic mass is 16.3. The van der Waals surface area contributed by atoms with E-state index >= 15 is 0 Å². The van der Waals surface area contributed by atoms with E-state index in [0.717, 1.165) is 22.4 Å². The van der Waals surface area contributed by atoms with Crippen molar-refractivity contribution in [3.05, 3.63) is 45.2 Å². The number of likely N-dealkylation sites (N-methyl/N-ethyl adjacent to an activating group) is 1. The summed E-state index contributed by atoms with van der Waals surface area (Å²) in [5.41, 5.74) is 6.35. The van der Waals surface area contributed by atoms with Gasteiger partial charge in [-0.3, -0.25) is 19.3 Å². The Labute approximate surface area is 204 Å². The molecule has 9 heteroatoms. The van der Waals surface area contributed by atoms with E-state index in [0.29, 0.717) is 18.4 Å². The molecule has 9 nitrogen and oxygen atoms in total. The number of amides is 1. The zero-order valence-corrected chi connectivity index (χ0v) is 21.0. The van der Waals surface area contributed by atoms with Gasteiger partial charge < -0.3 is 26.0 Å². The summed E-state index contributed by atoms with van der Waals surface area (Å²) >= 11 is 0. The number of nitrogens with zero attached hydrogens (tertiary/aromatic N) is 2. The molecule has 0 bridgehead atoms. The molecule has 1 saturated carbocycles. The Morgan fingerprint density at radius 1 is 1.20 bits per heavy atom. The molecule has 0 heterocycles. The number of fused-ring (bicyclic) bond motifs is 3. The molecule has 1 aromatic carbocycles. The highest BCUT2D eigenvalue weighted by Crippen LogP contribution is 2.53. The summed E-state index contributed by atoms with van der Waals surface area (Å²) in [5, 5.41) is 34.2. The van der Waals surface area contributed by atoms with E-state index in [4.69, 9.17) is 5.73 Å². The first-order valence-corrected chi connectivity index (χ1v) is 11.8. The van der Waals surface area contributed by atoms with Crippen molar-refractivity contribution in [3.63, 3.8) is 0 Å². The molecule has 2 unspecified atom stereocenters. The molecule has 4 atom stereocenters. The van der Waals surface area contributed by atoms with Gasteiger partial charge >= 0.3 is 0 Å². The average molecular weight is 484 g/mol. The van der Waals surface area contributed by atoms with Crippen LogP contribution in [0, 0.1) is 18.8 Å². The van der Waals surface area contributed by atoms with Crippen molar-refractivity contribution in [2.45, 2.75) is 44.8 Å². The van der Waals surface area contributed by atoms with Crippen molar-refractivity contribution in [2.75, 3.05) is 33.1 Å². The number of aliphatic hydroxyl groups is 3. The standard InChI is InChI=1S/C26H33N3O6/c1-7-13-11(2)8-16(28(3)4)14-9-12-10-15-20(29(5)6)22(31)19(25(27)34)24(33)26(15,35)23(32)17(12)21(30)18(13)14/h8,12,15,20,30,33,35H,7,9-10H2,1-6H3,(H2,27,34)/t12?,15-,20-,26?/m0/s1. The second-order valence-electron chi connectivity index (χ2n) is 10.3. The highest BCUT2D eigenvalue weighted by molar-refractivity contribution is 6.24. The Bertz CT molecular complexity index is 1230. The number of Topliss-reactive ketones (excluding diaryl/α,β-unsaturated/α-hetero) is 2. The van der Waals surface area contributed by atoms with E-state index in [-0.39, 0.29) is 17.8 Å². The number of anilines is 1. The van der Waals surface area contributed by atoms with E-state index in [2.05, 4.69) is 6.07 Å². The van der Waals surface area contributed by atoms with Crippen LogP contribution in [-0.4, -0.2) is 77.5 Å². The van der Waals surface area contributed by atoms with Gasteiger partial charge in [0, 0.05) is 36.8 Å². The van der Waals surface area contributed by atoms with Crippen LogP contribution in [0.4, 0.5) is 5.69 Å². The Hall–Kier alpha value is -3.17. The first kappa shape index (κ1) is 24.9. The summed E-state index contributed by atoms with van der Waals surface area (Å²) in [6.07, 6.45) is 1.20. The highest BCUT2D eigenvalue weighted by Gasteiger charge is 2.64. The van der Waals surface area contributed by atoms with Gasteiger partial charge in [0.25, 0.3) is 5.91 Å². The number of primary amides is 1. The summed E-state index contributed by atoms with van der Waals surface area (Å²) in [5.74, 6) is -5.59. The molecule has 1 amide bonds. The molecule has 0 saturated heterocycles. The third-order valence-electron chi connectivity index (χ3n) is 7.89. The lowest BCUT2D eigenvalue weighted by atomic mass is 9.57. The minimum atomic E-state index is -2.55. The van der Waals surface area contributed by atoms with Gasteiger partial charge in [0.05, 0.1) is 6.04 Å². The second-order valence-corrected chi connectivity index (χ2v) is 10.3. The molecule has 1 fully saturated rings. The van der Waals surface area contributed by atoms with Crippen molar-refractivity contribution in [1.29, 1.82) is 0 Å². The fourth-order valence-corrected chi connectivity index (χ4v) is 6.37. The van der Waals surface area contributed by atoms with E-state index in [9.17, 15) is 29.7 Å². The number of rotatable bonds is 4. The lowest BCUT2D eigenvalue weighted by Crippen LogP contribution is -2.65. The number of hydrogen-bond donors (Lipinski definition) is 4. The Balaban J connectivity index is 2.02. The molecular weight excluding hydrogens is 450 g/mol. The van der Waals surface area contributed by atoms with Gasteiger partial charge in [-0.2, -0.15) is 0 Å². The van der Waals surface area contributed by atoms with Crippen LogP contribution in [-0.2, 0) is 27.2 Å². The third kappa shape index (κ3) is 3.25. The minimum Gasteiger partial charge on any atom is -0.508 e. The van der Waals surface area contributed by atoms with Crippen LogP contribution in [0.2, 0.25) is 0 Å². The van der Waals surface area contributed by atoms with Crippen LogP contribution >= 0.6 is 0 Å². The fraction of sp³-hybridized carbons (Fsp3) is 0.500. The Kier molecular flexibility index (Phi) is 5.84. The van der Waals surface area contributed by atoms with Crippen molar-refractivity contribution in [1.82, 2.24) is 4.90 Å². The zero-order valence-electron chi connectivity index (χ0n) is 21.0. The molecule has 5 N–H and O–H groups in total. The first-order chi connectivity index (χ1) is 16.3. The van der Waals surface area contributed by atoms with Gasteiger partial charge in [0.15, 0.2) is 11.4 Å². The summed E-state index contributed by atoms with van der Waals surface area (Å²) in [7, 11) is 7.04. The molecule has 3 aliphatic rings. The summed E-state index contributed by atoms with van der Waals surface area (Å²) < 4.78 is 0. The number of carbonyl (C=O) groups is 3. The van der Waals surface area contributed by atoms with E-state index in [1.54, 1.807) is 14.1 Å². The maximum absolute atomic E-state index is 13.9. The molecular formula is C26H33N3O6. The lowest BCUT2D eigenvalue weighted by Gasteiger charge is -2.50. The SMILES string of the molecule is CCc1c(C)cc(N(C)C)c2c1C(O)=C1C(=O)C3(O)C(O)=C(C(N)=O)C(=O)[C@@H](N(C)C)[C@@H]3CC1C2. The summed E-state index contributed by atoms with van der Waals surface area (Å²) in [6.45, 7) is 3.92. The van der Waals surface area contributed by atoms with Gasteiger partial charge in [-0.15, -0.1) is 0 Å². The molecule has 188 valence electrons. The second kappa shape index (κ2) is 8.20. The minimum absolute atomic E-state index is 0.0171. The average Bonchev–Trinajstić information content (AvgIpc) is 2.75. The predicted octanol–water partition coefficient (Wildman–Crippen LogP) is 1.20. The summed E-state index contributed by atoms with van der Waals surface area (Å²) in [6, 6.07) is 1.02. The van der Waals surface area contributed by atoms with Crippen LogP contribution in [0.3, 0.4) is 0 Å². The first-order valence-electron chi connectivity index (χ1n) is 11.8. The number of carbonyl (C=O) groups excluding carboxylic acids is 3. The zero-order chi connectivity index (χ0) is 26.1. The molecule has 0 radical (unpaired) electrons. The lowest BCUT2D eigenvalue weighted by molar-refractivity contribution is -0.153. The largest absolute Gasteiger partial charge is 0.508 e. The Morgan fingerprint density at radius 3 is 2.34 bits per heavy atom. The normalized spacial score (nSPS) is 28.2. The molecule has 4 rings (SSSR count). The number of aryl methyl sites for hydroxylation is 1. The van der Waals surface area contributed by atoms with Crippen LogP contribution < -0.4 is 10.6 Å². The topological polar surface area (TPSA) is 144 Å². The smallest absolute Gasteiger partial charge is 0.255 e. The number of nitrogens with two attached hydrogens (primary N) is 1. The van der Waals surface area contributed by atoms with E-state index < -0.39 is 52.3 Å². The number of ketones is 2. The summed E-state index contributed by atoms with van der Waals surface area (Å²) in [4.78, 5) is 42.7. The number of benzene rings is 1. The third-order valence-corrected chi connectivity index (χ3v) is 7.89. The molecule has 1 aromatic rings. The Morgan fingerprint density at radius 2 is 1.83 bits per heavy atom. The van der Waals surface area contributed by atoms with Gasteiger partial charge in [-0.25, -0.2) is 0 Å². The van der Waals surface area contributed by atoms with Crippen LogP contribution in [0.15, 0.2) is 23.0 Å². The van der Waals surface area contributed by atoms with Crippen LogP contribution in [0.25, 0.3) is 5.76 Å². The maximum Gasteiger partial charge on any atom is 0.255 e. The monoisotopic (exact) mass is 483 g/mol. The van der Waals surface area contributed by atoms with Crippen molar-refractivity contribution in [2.24, 2.45) is 17.6 Å².